The molecule has 82 valence electrons. The first-order chi connectivity index (χ1) is 6.48. The van der Waals surface area contributed by atoms with E-state index in [9.17, 15) is 0 Å². The summed E-state index contributed by atoms with van der Waals surface area (Å²) >= 11 is 0. The van der Waals surface area contributed by atoms with Crippen LogP contribution in [0.25, 0.3) is 0 Å². The van der Waals surface area contributed by atoms with Crippen molar-refractivity contribution in [3.8, 4) is 0 Å². The molecule has 0 aromatic rings. The smallest absolute Gasteiger partial charge is 0.236 e. The fraction of sp³-hybridized carbons (Fsp3) is 1.00. The molecule has 0 spiro atoms. The van der Waals surface area contributed by atoms with E-state index in [4.69, 9.17) is 10.5 Å². The molecule has 0 unspecified atom stereocenters. The van der Waals surface area contributed by atoms with Crippen LogP contribution in [0.5, 0.6) is 0 Å². The summed E-state index contributed by atoms with van der Waals surface area (Å²) in [5, 5.41) is 17.7. The average Bonchev–Trinajstić information content (AvgIpc) is 2.18. The number of hydrogen-bond acceptors (Lipinski definition) is 4. The molecular formula is C10H18O4. The monoisotopic (exact) mass is 202 g/mol. The molecule has 14 heavy (non-hydrogen) atoms. The highest BCUT2D eigenvalue weighted by molar-refractivity contribution is 5.08. The maximum Gasteiger partial charge on any atom is 0.236 e. The van der Waals surface area contributed by atoms with Crippen molar-refractivity contribution in [2.75, 3.05) is 0 Å². The maximum absolute atomic E-state index is 8.84. The second kappa shape index (κ2) is 2.92. The summed E-state index contributed by atoms with van der Waals surface area (Å²) < 4.78 is 0. The highest BCUT2D eigenvalue weighted by Crippen LogP contribution is 2.64. The van der Waals surface area contributed by atoms with Gasteiger partial charge in [0.1, 0.15) is 0 Å². The fourth-order valence-electron chi connectivity index (χ4n) is 3.34. The van der Waals surface area contributed by atoms with Gasteiger partial charge in [-0.2, -0.15) is 0 Å². The van der Waals surface area contributed by atoms with Crippen molar-refractivity contribution < 1.29 is 20.3 Å². The molecule has 0 amide bonds. The Kier molecular flexibility index (Phi) is 2.16. The van der Waals surface area contributed by atoms with Gasteiger partial charge in [-0.25, -0.2) is 20.3 Å². The molecule has 3 atom stereocenters. The molecule has 3 rings (SSSR count). The summed E-state index contributed by atoms with van der Waals surface area (Å²) in [5.74, 6) is -0.274. The first kappa shape index (κ1) is 10.4. The van der Waals surface area contributed by atoms with E-state index in [2.05, 4.69) is 23.6 Å². The van der Waals surface area contributed by atoms with E-state index in [1.165, 1.54) is 0 Å². The van der Waals surface area contributed by atoms with Crippen LogP contribution in [-0.4, -0.2) is 16.3 Å². The van der Waals surface area contributed by atoms with Gasteiger partial charge in [0, 0.05) is 12.3 Å². The average molecular weight is 202 g/mol. The van der Waals surface area contributed by atoms with E-state index in [1.807, 2.05) is 6.92 Å². The predicted octanol–water partition coefficient (Wildman–Crippen LogP) is 2.36. The highest BCUT2D eigenvalue weighted by Gasteiger charge is 2.64. The lowest BCUT2D eigenvalue weighted by atomic mass is 9.44. The van der Waals surface area contributed by atoms with Crippen LogP contribution < -0.4 is 0 Å². The third-order valence-corrected chi connectivity index (χ3v) is 4.68. The zero-order valence-corrected chi connectivity index (χ0v) is 8.86. The Morgan fingerprint density at radius 1 is 1.21 bits per heavy atom. The predicted molar refractivity (Wildman–Crippen MR) is 49.3 cm³/mol. The van der Waals surface area contributed by atoms with E-state index in [0.717, 1.165) is 6.42 Å². The molecule has 2 N–H and O–H groups in total. The van der Waals surface area contributed by atoms with Crippen molar-refractivity contribution in [1.29, 1.82) is 0 Å². The van der Waals surface area contributed by atoms with Crippen LogP contribution in [0.15, 0.2) is 0 Å². The van der Waals surface area contributed by atoms with Gasteiger partial charge < -0.3 is 0 Å². The van der Waals surface area contributed by atoms with Crippen molar-refractivity contribution in [2.24, 2.45) is 23.2 Å². The molecule has 0 saturated heterocycles. The van der Waals surface area contributed by atoms with E-state index < -0.39 is 5.79 Å². The van der Waals surface area contributed by atoms with Gasteiger partial charge in [0.15, 0.2) is 0 Å². The van der Waals surface area contributed by atoms with Gasteiger partial charge in [-0.15, -0.1) is 0 Å². The summed E-state index contributed by atoms with van der Waals surface area (Å²) in [6, 6.07) is 0. The summed E-state index contributed by atoms with van der Waals surface area (Å²) in [6.07, 6.45) is 1.70. The third-order valence-electron chi connectivity index (χ3n) is 4.68. The van der Waals surface area contributed by atoms with Crippen LogP contribution in [0.1, 0.15) is 33.6 Å². The van der Waals surface area contributed by atoms with E-state index in [0.29, 0.717) is 18.3 Å². The Hall–Kier alpha value is -0.160. The quantitative estimate of drug-likeness (QED) is 0.410. The molecule has 0 aromatic carbocycles. The standard InChI is InChI=1S/C10H18O4/c1-6-8-4-7(9(8,2)3)5-10(6,13-11)14-12/h6-8,11-12H,4-5H2,1-3H3/t6-,7-,8+/m1/s1. The van der Waals surface area contributed by atoms with Crippen LogP contribution in [0.3, 0.4) is 0 Å². The van der Waals surface area contributed by atoms with Crippen molar-refractivity contribution in [3.05, 3.63) is 0 Å². The van der Waals surface area contributed by atoms with Crippen LogP contribution in [0, 0.1) is 23.2 Å². The largest absolute Gasteiger partial charge is 0.249 e. The van der Waals surface area contributed by atoms with Crippen LogP contribution in [-0.2, 0) is 9.78 Å². The molecule has 0 radical (unpaired) electrons. The first-order valence-corrected chi connectivity index (χ1v) is 5.13. The zero-order chi connectivity index (χ0) is 10.6. The van der Waals surface area contributed by atoms with Crippen LogP contribution in [0.2, 0.25) is 0 Å². The lowest BCUT2D eigenvalue weighted by Gasteiger charge is -2.63. The van der Waals surface area contributed by atoms with Gasteiger partial charge in [0.25, 0.3) is 0 Å². The molecule has 3 saturated carbocycles. The van der Waals surface area contributed by atoms with Gasteiger partial charge in [-0.1, -0.05) is 20.8 Å². The number of rotatable bonds is 2. The van der Waals surface area contributed by atoms with Gasteiger partial charge in [0.05, 0.1) is 0 Å². The maximum atomic E-state index is 8.84. The highest BCUT2D eigenvalue weighted by atomic mass is 17.2. The van der Waals surface area contributed by atoms with Gasteiger partial charge >= 0.3 is 0 Å². The Bertz CT molecular complexity index is 234. The van der Waals surface area contributed by atoms with Gasteiger partial charge in [-0.3, -0.25) is 0 Å². The lowest BCUT2D eigenvalue weighted by molar-refractivity contribution is -0.523. The van der Waals surface area contributed by atoms with E-state index in [1.54, 1.807) is 0 Å². The number of fused-ring (bicyclic) bond motifs is 2. The summed E-state index contributed by atoms with van der Waals surface area (Å²) in [6.45, 7) is 6.40. The molecule has 0 aromatic heterocycles. The lowest BCUT2D eigenvalue weighted by Crippen LogP contribution is -2.63. The Morgan fingerprint density at radius 2 is 1.79 bits per heavy atom. The molecule has 4 nitrogen and oxygen atoms in total. The van der Waals surface area contributed by atoms with Gasteiger partial charge in [-0.05, 0) is 23.7 Å². The van der Waals surface area contributed by atoms with Crippen molar-refractivity contribution in [2.45, 2.75) is 39.4 Å². The van der Waals surface area contributed by atoms with Crippen LogP contribution in [0.4, 0.5) is 0 Å². The molecule has 3 aliphatic carbocycles. The molecule has 2 bridgehead atoms. The zero-order valence-electron chi connectivity index (χ0n) is 8.86. The first-order valence-electron chi connectivity index (χ1n) is 5.13. The van der Waals surface area contributed by atoms with Crippen molar-refractivity contribution in [1.82, 2.24) is 0 Å². The molecular weight excluding hydrogens is 184 g/mol. The Balaban J connectivity index is 2.22. The minimum atomic E-state index is -1.19. The number of hydrogen-bond donors (Lipinski definition) is 2. The van der Waals surface area contributed by atoms with Crippen LogP contribution >= 0.6 is 0 Å². The molecule has 4 heteroatoms. The van der Waals surface area contributed by atoms with E-state index >= 15 is 0 Å². The second-order valence-electron chi connectivity index (χ2n) is 5.35. The van der Waals surface area contributed by atoms with E-state index in [-0.39, 0.29) is 11.3 Å². The minimum Gasteiger partial charge on any atom is -0.249 e. The third kappa shape index (κ3) is 1.03. The summed E-state index contributed by atoms with van der Waals surface area (Å²) in [4.78, 5) is 8.72. The van der Waals surface area contributed by atoms with Crippen molar-refractivity contribution in [3.63, 3.8) is 0 Å². The summed E-state index contributed by atoms with van der Waals surface area (Å²) in [5.41, 5.74) is 0.278. The van der Waals surface area contributed by atoms with Crippen molar-refractivity contribution >= 4 is 0 Å². The molecule has 3 fully saturated rings. The summed E-state index contributed by atoms with van der Waals surface area (Å²) in [7, 11) is 0. The molecule has 3 aliphatic rings. The fourth-order valence-corrected chi connectivity index (χ4v) is 3.34. The Labute approximate surface area is 83.7 Å². The molecule has 0 heterocycles. The second-order valence-corrected chi connectivity index (χ2v) is 5.35. The SMILES string of the molecule is C[C@@H]1[C@@H]2C[C@H](CC1(OO)OO)C2(C)C. The normalized spacial score (nSPS) is 43.1. The van der Waals surface area contributed by atoms with Gasteiger partial charge in [0.2, 0.25) is 5.79 Å². The minimum absolute atomic E-state index is 0.0116. The topological polar surface area (TPSA) is 58.9 Å². The Morgan fingerprint density at radius 3 is 2.14 bits per heavy atom. The molecule has 0 aliphatic heterocycles.